The second-order valence-corrected chi connectivity index (χ2v) is 3.75. The van der Waals surface area contributed by atoms with Crippen LogP contribution in [0.25, 0.3) is 0 Å². The predicted molar refractivity (Wildman–Crippen MR) is 61.4 cm³/mol. The third-order valence-corrected chi connectivity index (χ3v) is 2.59. The number of nitrogens with zero attached hydrogens (tertiary/aromatic N) is 3. The van der Waals surface area contributed by atoms with Crippen LogP contribution in [0.5, 0.6) is 0 Å². The molecule has 0 atom stereocenters. The molecule has 0 bridgehead atoms. The number of anilines is 1. The molecule has 1 fully saturated rings. The van der Waals surface area contributed by atoms with E-state index in [1.54, 1.807) is 6.20 Å². The molecule has 0 radical (unpaired) electrons. The minimum absolute atomic E-state index is 0.751. The van der Waals surface area contributed by atoms with Crippen molar-refractivity contribution in [3.63, 3.8) is 0 Å². The highest BCUT2D eigenvalue weighted by Gasteiger charge is 2.14. The SMILES string of the molecule is Cc1cc(C=NO)cnc1N1CCOCC1. The molecule has 86 valence electrons. The van der Waals surface area contributed by atoms with E-state index in [1.165, 1.54) is 6.21 Å². The maximum absolute atomic E-state index is 8.44. The van der Waals surface area contributed by atoms with Crippen LogP contribution in [0.1, 0.15) is 11.1 Å². The largest absolute Gasteiger partial charge is 0.411 e. The number of ether oxygens (including phenoxy) is 1. The Labute approximate surface area is 94.4 Å². The molecule has 5 nitrogen and oxygen atoms in total. The Morgan fingerprint density at radius 1 is 1.50 bits per heavy atom. The number of hydrogen-bond donors (Lipinski definition) is 1. The maximum atomic E-state index is 8.44. The van der Waals surface area contributed by atoms with Crippen molar-refractivity contribution in [1.29, 1.82) is 0 Å². The highest BCUT2D eigenvalue weighted by molar-refractivity contribution is 5.79. The zero-order valence-electron chi connectivity index (χ0n) is 9.26. The van der Waals surface area contributed by atoms with Crippen LogP contribution in [0, 0.1) is 6.92 Å². The Hall–Kier alpha value is -1.62. The first-order valence-electron chi connectivity index (χ1n) is 5.28. The smallest absolute Gasteiger partial charge is 0.131 e. The van der Waals surface area contributed by atoms with Gasteiger partial charge in [0.1, 0.15) is 5.82 Å². The van der Waals surface area contributed by atoms with Gasteiger partial charge in [-0.05, 0) is 18.6 Å². The molecule has 0 aliphatic carbocycles. The molecule has 1 N–H and O–H groups in total. The van der Waals surface area contributed by atoms with Gasteiger partial charge in [0.15, 0.2) is 0 Å². The Morgan fingerprint density at radius 2 is 2.25 bits per heavy atom. The van der Waals surface area contributed by atoms with Crippen molar-refractivity contribution in [1.82, 2.24) is 4.98 Å². The summed E-state index contributed by atoms with van der Waals surface area (Å²) in [6.45, 7) is 5.26. The van der Waals surface area contributed by atoms with Gasteiger partial charge in [0.2, 0.25) is 0 Å². The van der Waals surface area contributed by atoms with Crippen molar-refractivity contribution in [2.45, 2.75) is 6.92 Å². The number of aryl methyl sites for hydroxylation is 1. The zero-order chi connectivity index (χ0) is 11.4. The van der Waals surface area contributed by atoms with Gasteiger partial charge in [-0.15, -0.1) is 0 Å². The third-order valence-electron chi connectivity index (χ3n) is 2.59. The molecule has 1 aromatic heterocycles. The van der Waals surface area contributed by atoms with Crippen LogP contribution >= 0.6 is 0 Å². The molecule has 2 heterocycles. The summed E-state index contributed by atoms with van der Waals surface area (Å²) in [5.41, 5.74) is 1.89. The number of oxime groups is 1. The van der Waals surface area contributed by atoms with Gasteiger partial charge in [-0.2, -0.15) is 0 Å². The van der Waals surface area contributed by atoms with Crippen LogP contribution in [0.4, 0.5) is 5.82 Å². The summed E-state index contributed by atoms with van der Waals surface area (Å²) in [6, 6.07) is 1.96. The molecule has 1 aliphatic heterocycles. The molecule has 16 heavy (non-hydrogen) atoms. The van der Waals surface area contributed by atoms with Crippen molar-refractivity contribution in [2.75, 3.05) is 31.2 Å². The van der Waals surface area contributed by atoms with Crippen molar-refractivity contribution < 1.29 is 9.94 Å². The lowest BCUT2D eigenvalue weighted by Crippen LogP contribution is -2.37. The molecule has 1 saturated heterocycles. The van der Waals surface area contributed by atoms with E-state index in [9.17, 15) is 0 Å². The molecule has 1 aliphatic rings. The van der Waals surface area contributed by atoms with E-state index in [0.717, 1.165) is 43.2 Å². The molecule has 0 saturated carbocycles. The van der Waals surface area contributed by atoms with Crippen LogP contribution < -0.4 is 4.90 Å². The van der Waals surface area contributed by atoms with Crippen molar-refractivity contribution in [3.8, 4) is 0 Å². The van der Waals surface area contributed by atoms with Crippen LogP contribution in [-0.4, -0.2) is 42.7 Å². The summed E-state index contributed by atoms with van der Waals surface area (Å²) in [5, 5.41) is 11.4. The fourth-order valence-electron chi connectivity index (χ4n) is 1.83. The third kappa shape index (κ3) is 2.30. The van der Waals surface area contributed by atoms with Crippen molar-refractivity contribution in [2.24, 2.45) is 5.16 Å². The first-order valence-corrected chi connectivity index (χ1v) is 5.28. The van der Waals surface area contributed by atoms with Gasteiger partial charge in [-0.25, -0.2) is 4.98 Å². The number of pyridine rings is 1. The topological polar surface area (TPSA) is 58.0 Å². The number of aromatic nitrogens is 1. The van der Waals surface area contributed by atoms with Gasteiger partial charge < -0.3 is 14.8 Å². The summed E-state index contributed by atoms with van der Waals surface area (Å²) in [5.74, 6) is 0.985. The zero-order valence-corrected chi connectivity index (χ0v) is 9.26. The van der Waals surface area contributed by atoms with Crippen LogP contribution in [0.3, 0.4) is 0 Å². The summed E-state index contributed by atoms with van der Waals surface area (Å²) < 4.78 is 5.30. The Kier molecular flexibility index (Phi) is 3.36. The summed E-state index contributed by atoms with van der Waals surface area (Å²) in [4.78, 5) is 6.60. The first-order chi connectivity index (χ1) is 7.81. The van der Waals surface area contributed by atoms with Gasteiger partial charge >= 0.3 is 0 Å². The monoisotopic (exact) mass is 221 g/mol. The van der Waals surface area contributed by atoms with Gasteiger partial charge in [-0.1, -0.05) is 5.16 Å². The van der Waals surface area contributed by atoms with E-state index in [4.69, 9.17) is 9.94 Å². The predicted octanol–water partition coefficient (Wildman–Crippen LogP) is 1.03. The van der Waals surface area contributed by atoms with E-state index < -0.39 is 0 Å². The molecular formula is C11H15N3O2. The lowest BCUT2D eigenvalue weighted by molar-refractivity contribution is 0.122. The number of rotatable bonds is 2. The second kappa shape index (κ2) is 4.94. The molecular weight excluding hydrogens is 206 g/mol. The molecule has 0 amide bonds. The molecule has 0 aromatic carbocycles. The van der Waals surface area contributed by atoms with E-state index in [-0.39, 0.29) is 0 Å². The van der Waals surface area contributed by atoms with Gasteiger partial charge in [-0.3, -0.25) is 0 Å². The fraction of sp³-hybridized carbons (Fsp3) is 0.455. The molecule has 1 aromatic rings. The van der Waals surface area contributed by atoms with Crippen molar-refractivity contribution in [3.05, 3.63) is 23.4 Å². The average Bonchev–Trinajstić information content (AvgIpc) is 2.31. The summed E-state index contributed by atoms with van der Waals surface area (Å²) in [6.07, 6.45) is 3.08. The van der Waals surface area contributed by atoms with E-state index in [0.29, 0.717) is 0 Å². The lowest BCUT2D eigenvalue weighted by atomic mass is 10.2. The number of hydrogen-bond acceptors (Lipinski definition) is 5. The molecule has 5 heteroatoms. The Balaban J connectivity index is 2.21. The summed E-state index contributed by atoms with van der Waals surface area (Å²) in [7, 11) is 0. The standard InChI is InChI=1S/C11H15N3O2/c1-9-6-10(8-13-15)7-12-11(9)14-2-4-16-5-3-14/h6-8,15H,2-5H2,1H3. The molecule has 0 spiro atoms. The quantitative estimate of drug-likeness (QED) is 0.460. The average molecular weight is 221 g/mol. The van der Waals surface area contributed by atoms with Crippen LogP contribution in [0.15, 0.2) is 17.4 Å². The van der Waals surface area contributed by atoms with E-state index >= 15 is 0 Å². The highest BCUT2D eigenvalue weighted by atomic mass is 16.5. The maximum Gasteiger partial charge on any atom is 0.131 e. The van der Waals surface area contributed by atoms with Crippen molar-refractivity contribution >= 4 is 12.0 Å². The van der Waals surface area contributed by atoms with E-state index in [1.807, 2.05) is 13.0 Å². The first kappa shape index (κ1) is 10.9. The molecule has 0 unspecified atom stereocenters. The van der Waals surface area contributed by atoms with Crippen LogP contribution in [-0.2, 0) is 4.74 Å². The lowest BCUT2D eigenvalue weighted by Gasteiger charge is -2.29. The second-order valence-electron chi connectivity index (χ2n) is 3.75. The van der Waals surface area contributed by atoms with Gasteiger partial charge in [0.25, 0.3) is 0 Å². The Morgan fingerprint density at radius 3 is 2.88 bits per heavy atom. The molecule has 2 rings (SSSR count). The normalized spacial score (nSPS) is 16.9. The van der Waals surface area contributed by atoms with E-state index in [2.05, 4.69) is 15.0 Å². The fourth-order valence-corrected chi connectivity index (χ4v) is 1.83. The number of morpholine rings is 1. The minimum Gasteiger partial charge on any atom is -0.411 e. The highest BCUT2D eigenvalue weighted by Crippen LogP contribution is 2.18. The van der Waals surface area contributed by atoms with Gasteiger partial charge in [0.05, 0.1) is 19.4 Å². The van der Waals surface area contributed by atoms with Gasteiger partial charge in [0, 0.05) is 24.8 Å². The van der Waals surface area contributed by atoms with Crippen LogP contribution in [0.2, 0.25) is 0 Å². The Bertz CT molecular complexity index is 387. The minimum atomic E-state index is 0.751. The summed E-state index contributed by atoms with van der Waals surface area (Å²) >= 11 is 0.